The van der Waals surface area contributed by atoms with Gasteiger partial charge in [0, 0.05) is 24.1 Å². The van der Waals surface area contributed by atoms with Crippen molar-refractivity contribution in [3.8, 4) is 5.75 Å². The third-order valence-electron chi connectivity index (χ3n) is 2.82. The summed E-state index contributed by atoms with van der Waals surface area (Å²) in [5.41, 5.74) is 5.40. The van der Waals surface area contributed by atoms with Crippen LogP contribution in [0.4, 0.5) is 4.39 Å². The van der Waals surface area contributed by atoms with Crippen molar-refractivity contribution < 1.29 is 17.5 Å². The van der Waals surface area contributed by atoms with Gasteiger partial charge < -0.3 is 10.5 Å². The summed E-state index contributed by atoms with van der Waals surface area (Å²) in [5, 5.41) is 0. The Kier molecular flexibility index (Phi) is 3.79. The molecule has 1 aromatic rings. The Hall–Kier alpha value is -1.18. The van der Waals surface area contributed by atoms with Crippen LogP contribution in [0.3, 0.4) is 0 Å². The summed E-state index contributed by atoms with van der Waals surface area (Å²) in [6, 6.07) is 2.27. The van der Waals surface area contributed by atoms with Crippen molar-refractivity contribution in [2.24, 2.45) is 5.73 Å². The van der Waals surface area contributed by atoms with Crippen LogP contribution in [0.15, 0.2) is 17.0 Å². The molecule has 0 saturated carbocycles. The van der Waals surface area contributed by atoms with E-state index < -0.39 is 21.4 Å². The highest BCUT2D eigenvalue weighted by Crippen LogP contribution is 2.36. The molecule has 0 fully saturated rings. The molecule has 0 bridgehead atoms. The molecule has 0 spiro atoms. The van der Waals surface area contributed by atoms with Gasteiger partial charge in [0.05, 0.1) is 0 Å². The van der Waals surface area contributed by atoms with Gasteiger partial charge in [0.2, 0.25) is 10.0 Å². The number of nitrogens with two attached hydrogens (primary N) is 1. The fourth-order valence-corrected chi connectivity index (χ4v) is 3.76. The molecule has 0 aromatic heterocycles. The quantitative estimate of drug-likeness (QED) is 0.878. The summed E-state index contributed by atoms with van der Waals surface area (Å²) in [6.07, 6.45) is 0.108. The Morgan fingerprint density at radius 1 is 1.45 bits per heavy atom. The zero-order valence-corrected chi connectivity index (χ0v) is 12.6. The number of halogens is 1. The van der Waals surface area contributed by atoms with Gasteiger partial charge in [-0.2, -0.15) is 0 Å². The Bertz CT molecular complexity index is 623. The van der Waals surface area contributed by atoms with Crippen molar-refractivity contribution in [1.82, 2.24) is 4.72 Å². The molecular weight excluding hydrogens is 283 g/mol. The molecule has 5 nitrogen and oxygen atoms in total. The molecule has 0 radical (unpaired) electrons. The summed E-state index contributed by atoms with van der Waals surface area (Å²) >= 11 is 0. The third-order valence-corrected chi connectivity index (χ3v) is 4.58. The predicted molar refractivity (Wildman–Crippen MR) is 73.6 cm³/mol. The maximum absolute atomic E-state index is 13.6. The van der Waals surface area contributed by atoms with E-state index in [1.807, 2.05) is 0 Å². The zero-order chi connectivity index (χ0) is 15.1. The van der Waals surface area contributed by atoms with E-state index in [1.54, 1.807) is 20.8 Å². The van der Waals surface area contributed by atoms with Crippen LogP contribution >= 0.6 is 0 Å². The van der Waals surface area contributed by atoms with Gasteiger partial charge in [0.25, 0.3) is 0 Å². The van der Waals surface area contributed by atoms with Crippen molar-refractivity contribution in [3.63, 3.8) is 0 Å². The molecule has 20 heavy (non-hydrogen) atoms. The lowest BCUT2D eigenvalue weighted by molar-refractivity contribution is 0.236. The average Bonchev–Trinajstić information content (AvgIpc) is 2.67. The van der Waals surface area contributed by atoms with Gasteiger partial charge in [-0.25, -0.2) is 17.5 Å². The Labute approximate surface area is 118 Å². The largest absolute Gasteiger partial charge is 0.487 e. The van der Waals surface area contributed by atoms with Gasteiger partial charge in [0.15, 0.2) is 0 Å². The first-order valence-corrected chi connectivity index (χ1v) is 7.84. The number of hydrogen-bond donors (Lipinski definition) is 2. The molecule has 1 heterocycles. The lowest BCUT2D eigenvalue weighted by atomic mass is 10.1. The van der Waals surface area contributed by atoms with Gasteiger partial charge in [-0.1, -0.05) is 0 Å². The fraction of sp³-hybridized carbons (Fsp3) is 0.538. The second-order valence-electron chi connectivity index (χ2n) is 5.93. The maximum atomic E-state index is 13.6. The number of hydrogen-bond acceptors (Lipinski definition) is 4. The topological polar surface area (TPSA) is 81.4 Å². The normalized spacial score (nSPS) is 18.8. The molecule has 1 aliphatic heterocycles. The number of fused-ring (bicyclic) bond motifs is 1. The third kappa shape index (κ3) is 3.11. The highest BCUT2D eigenvalue weighted by atomic mass is 32.2. The second-order valence-corrected chi connectivity index (χ2v) is 7.58. The monoisotopic (exact) mass is 302 g/mol. The Morgan fingerprint density at radius 3 is 2.65 bits per heavy atom. The van der Waals surface area contributed by atoms with Gasteiger partial charge in [-0.15, -0.1) is 0 Å². The van der Waals surface area contributed by atoms with E-state index in [9.17, 15) is 12.8 Å². The molecule has 0 aliphatic carbocycles. The average molecular weight is 302 g/mol. The van der Waals surface area contributed by atoms with Crippen LogP contribution in [0.25, 0.3) is 0 Å². The van der Waals surface area contributed by atoms with Gasteiger partial charge >= 0.3 is 0 Å². The van der Waals surface area contributed by atoms with Crippen LogP contribution in [0.2, 0.25) is 0 Å². The fourth-order valence-electron chi connectivity index (χ4n) is 2.15. The van der Waals surface area contributed by atoms with Crippen molar-refractivity contribution in [2.75, 3.05) is 6.54 Å². The van der Waals surface area contributed by atoms with Crippen molar-refractivity contribution in [1.29, 1.82) is 0 Å². The summed E-state index contributed by atoms with van der Waals surface area (Å²) < 4.78 is 46.4. The molecule has 2 rings (SSSR count). The Morgan fingerprint density at radius 2 is 2.10 bits per heavy atom. The van der Waals surface area contributed by atoms with E-state index in [0.29, 0.717) is 12.0 Å². The first-order valence-electron chi connectivity index (χ1n) is 6.35. The van der Waals surface area contributed by atoms with Crippen LogP contribution in [-0.4, -0.2) is 26.6 Å². The molecule has 0 amide bonds. The van der Waals surface area contributed by atoms with E-state index in [1.165, 1.54) is 6.07 Å². The van der Waals surface area contributed by atoms with Crippen molar-refractivity contribution >= 4 is 10.0 Å². The number of ether oxygens (including phenoxy) is 1. The number of rotatable bonds is 3. The molecule has 112 valence electrons. The van der Waals surface area contributed by atoms with Crippen LogP contribution in [0.5, 0.6) is 5.75 Å². The maximum Gasteiger partial charge on any atom is 0.244 e. The summed E-state index contributed by atoms with van der Waals surface area (Å²) in [5.74, 6) is -0.391. The Balaban J connectivity index is 2.49. The minimum Gasteiger partial charge on any atom is -0.487 e. The molecule has 7 heteroatoms. The second kappa shape index (κ2) is 4.98. The standard InChI is InChI=1S/C13H19FN2O3S/c1-13(2,3)16-20(17,18)11-6-9(14)4-8-5-10(7-15)19-12(8)11/h4,6,10,16H,5,7,15H2,1-3H3. The minimum atomic E-state index is -3.85. The first-order chi connectivity index (χ1) is 9.12. The first kappa shape index (κ1) is 15.2. The number of sulfonamides is 1. The van der Waals surface area contributed by atoms with Gasteiger partial charge in [-0.05, 0) is 32.9 Å². The van der Waals surface area contributed by atoms with Gasteiger partial charge in [0.1, 0.15) is 22.6 Å². The van der Waals surface area contributed by atoms with E-state index >= 15 is 0 Å². The molecule has 1 atom stereocenters. The van der Waals surface area contributed by atoms with Crippen molar-refractivity contribution in [3.05, 3.63) is 23.5 Å². The van der Waals surface area contributed by atoms with E-state index in [-0.39, 0.29) is 23.3 Å². The van der Waals surface area contributed by atoms with E-state index in [0.717, 1.165) is 6.07 Å². The summed E-state index contributed by atoms with van der Waals surface area (Å²) in [4.78, 5) is -0.168. The molecule has 1 unspecified atom stereocenters. The van der Waals surface area contributed by atoms with Gasteiger partial charge in [-0.3, -0.25) is 0 Å². The summed E-state index contributed by atoms with van der Waals surface area (Å²) in [6.45, 7) is 5.40. The van der Waals surface area contributed by atoms with Crippen LogP contribution < -0.4 is 15.2 Å². The van der Waals surface area contributed by atoms with E-state index in [4.69, 9.17) is 10.5 Å². The smallest absolute Gasteiger partial charge is 0.244 e. The SMILES string of the molecule is CC(C)(C)NS(=O)(=O)c1cc(F)cc2c1OC(CN)C2. The minimum absolute atomic E-state index is 0.168. The van der Waals surface area contributed by atoms with E-state index in [2.05, 4.69) is 4.72 Å². The molecule has 1 aliphatic rings. The summed E-state index contributed by atoms with van der Waals surface area (Å²) in [7, 11) is -3.85. The number of nitrogens with one attached hydrogen (secondary N) is 1. The molecular formula is C13H19FN2O3S. The lowest BCUT2D eigenvalue weighted by Gasteiger charge is -2.21. The zero-order valence-electron chi connectivity index (χ0n) is 11.7. The highest BCUT2D eigenvalue weighted by molar-refractivity contribution is 7.89. The number of benzene rings is 1. The lowest BCUT2D eigenvalue weighted by Crippen LogP contribution is -2.40. The molecule has 0 saturated heterocycles. The predicted octanol–water partition coefficient (Wildman–Crippen LogP) is 1.16. The highest BCUT2D eigenvalue weighted by Gasteiger charge is 2.32. The molecule has 1 aromatic carbocycles. The van der Waals surface area contributed by atoms with Crippen LogP contribution in [0, 0.1) is 5.82 Å². The van der Waals surface area contributed by atoms with Crippen LogP contribution in [0.1, 0.15) is 26.3 Å². The van der Waals surface area contributed by atoms with Crippen molar-refractivity contribution in [2.45, 2.75) is 43.7 Å². The molecule has 3 N–H and O–H groups in total. The van der Waals surface area contributed by atoms with Crippen LogP contribution in [-0.2, 0) is 16.4 Å².